The molecule has 1 aliphatic heterocycles. The third-order valence-corrected chi connectivity index (χ3v) is 5.22. The Morgan fingerprint density at radius 1 is 1.13 bits per heavy atom. The molecule has 2 aromatic heterocycles. The Morgan fingerprint density at radius 3 is 2.39 bits per heavy atom. The van der Waals surface area contributed by atoms with E-state index in [4.69, 9.17) is 0 Å². The van der Waals surface area contributed by atoms with Crippen LogP contribution in [0, 0.1) is 0 Å². The molecule has 0 saturated heterocycles. The van der Waals surface area contributed by atoms with E-state index in [0.29, 0.717) is 6.54 Å². The van der Waals surface area contributed by atoms with Crippen LogP contribution >= 0.6 is 11.3 Å². The summed E-state index contributed by atoms with van der Waals surface area (Å²) in [7, 11) is 3.07. The van der Waals surface area contributed by atoms with Crippen LogP contribution in [0.4, 0.5) is 5.69 Å². The number of hydrogen-bond acceptors (Lipinski definition) is 7. The maximum Gasteiger partial charge on any atom is 0.279 e. The third-order valence-electron chi connectivity index (χ3n) is 4.34. The van der Waals surface area contributed by atoms with Crippen molar-refractivity contribution in [3.63, 3.8) is 0 Å². The summed E-state index contributed by atoms with van der Waals surface area (Å²) in [5.41, 5.74) is -0.565. The van der Waals surface area contributed by atoms with Gasteiger partial charge in [0.25, 0.3) is 17.7 Å². The highest BCUT2D eigenvalue weighted by atomic mass is 32.1. The van der Waals surface area contributed by atoms with E-state index < -0.39 is 23.2 Å². The first-order valence-corrected chi connectivity index (χ1v) is 10.8. The summed E-state index contributed by atoms with van der Waals surface area (Å²) in [5.74, 6) is -1.47. The zero-order chi connectivity index (χ0) is 23.1. The maximum absolute atomic E-state index is 12.7. The van der Waals surface area contributed by atoms with Gasteiger partial charge in [-0.1, -0.05) is 19.9 Å². The molecular weight excluding hydrogens is 418 g/mol. The Balaban J connectivity index is 0.00000166. The molecule has 3 amide bonds. The van der Waals surface area contributed by atoms with Gasteiger partial charge in [-0.25, -0.2) is 0 Å². The number of thiophene rings is 1. The molecule has 3 rings (SSSR count). The smallest absolute Gasteiger partial charge is 0.279 e. The fraction of sp³-hybridized carbons (Fsp3) is 0.333. The number of aromatic nitrogens is 1. The second-order valence-electron chi connectivity index (χ2n) is 6.47. The van der Waals surface area contributed by atoms with Crippen molar-refractivity contribution < 1.29 is 14.4 Å². The zero-order valence-corrected chi connectivity index (χ0v) is 19.1. The van der Waals surface area contributed by atoms with E-state index in [0.717, 1.165) is 9.78 Å². The fourth-order valence-electron chi connectivity index (χ4n) is 2.84. The number of pyridine rings is 1. The number of amides is 3. The molecule has 0 aromatic carbocycles. The molecule has 0 saturated carbocycles. The normalized spacial score (nSPS) is 13.1. The third kappa shape index (κ3) is 5.02. The Morgan fingerprint density at radius 2 is 1.81 bits per heavy atom. The van der Waals surface area contributed by atoms with Crippen LogP contribution in [0.5, 0.6) is 0 Å². The van der Waals surface area contributed by atoms with Crippen molar-refractivity contribution in [2.24, 2.45) is 0 Å². The van der Waals surface area contributed by atoms with E-state index in [1.54, 1.807) is 6.92 Å². The van der Waals surface area contributed by atoms with Crippen LogP contribution < -0.4 is 16.1 Å². The number of hydrogen-bond donors (Lipinski definition) is 3. The molecule has 0 aliphatic carbocycles. The second-order valence-corrected chi connectivity index (χ2v) is 7.51. The van der Waals surface area contributed by atoms with E-state index in [-0.39, 0.29) is 29.2 Å². The molecule has 166 valence electrons. The quantitative estimate of drug-likeness (QED) is 0.562. The summed E-state index contributed by atoms with van der Waals surface area (Å²) in [6.07, 6.45) is 2.66. The molecule has 9 nitrogen and oxygen atoms in total. The lowest BCUT2D eigenvalue weighted by atomic mass is 10.2. The Labute approximate surface area is 184 Å². The lowest BCUT2D eigenvalue weighted by Crippen LogP contribution is -2.33. The first-order valence-electron chi connectivity index (χ1n) is 9.91. The molecule has 1 aliphatic rings. The highest BCUT2D eigenvalue weighted by molar-refractivity contribution is 7.09. The fourth-order valence-corrected chi connectivity index (χ4v) is 3.49. The summed E-state index contributed by atoms with van der Waals surface area (Å²) in [4.78, 5) is 56.4. The van der Waals surface area contributed by atoms with Crippen molar-refractivity contribution in [3.8, 4) is 0 Å². The van der Waals surface area contributed by atoms with Crippen LogP contribution in [0.3, 0.4) is 0 Å². The molecular formula is C21H27N5O4S. The van der Waals surface area contributed by atoms with Gasteiger partial charge in [-0.3, -0.25) is 24.1 Å². The molecule has 0 spiro atoms. The minimum Gasteiger partial charge on any atom is -0.374 e. The highest BCUT2D eigenvalue weighted by Gasteiger charge is 2.38. The molecule has 10 heteroatoms. The summed E-state index contributed by atoms with van der Waals surface area (Å²) >= 11 is 1.52. The van der Waals surface area contributed by atoms with E-state index in [1.165, 1.54) is 42.7 Å². The molecule has 0 bridgehead atoms. The number of rotatable bonds is 7. The van der Waals surface area contributed by atoms with Gasteiger partial charge in [0.05, 0.1) is 0 Å². The van der Waals surface area contributed by atoms with Crippen LogP contribution in [0.25, 0.3) is 0 Å². The first kappa shape index (κ1) is 23.9. The van der Waals surface area contributed by atoms with Crippen molar-refractivity contribution in [1.82, 2.24) is 20.1 Å². The predicted octanol–water partition coefficient (Wildman–Crippen LogP) is 1.97. The number of nitrogens with one attached hydrogen (secondary N) is 3. The lowest BCUT2D eigenvalue weighted by Gasteiger charge is -2.13. The van der Waals surface area contributed by atoms with Gasteiger partial charge >= 0.3 is 0 Å². The average Bonchev–Trinajstić information content (AvgIpc) is 3.36. The highest BCUT2D eigenvalue weighted by Crippen LogP contribution is 2.21. The van der Waals surface area contributed by atoms with Crippen LogP contribution in [-0.4, -0.2) is 53.1 Å². The number of anilines is 1. The lowest BCUT2D eigenvalue weighted by molar-refractivity contribution is -0.137. The first-order chi connectivity index (χ1) is 14.8. The molecule has 2 aromatic rings. The summed E-state index contributed by atoms with van der Waals surface area (Å²) in [6, 6.07) is 3.80. The molecule has 0 unspecified atom stereocenters. The Kier molecular flexibility index (Phi) is 8.14. The summed E-state index contributed by atoms with van der Waals surface area (Å²) < 4.78 is 0. The van der Waals surface area contributed by atoms with Gasteiger partial charge in [0.15, 0.2) is 0 Å². The van der Waals surface area contributed by atoms with Gasteiger partial charge in [-0.2, -0.15) is 0 Å². The number of aromatic amines is 1. The van der Waals surface area contributed by atoms with Crippen molar-refractivity contribution >= 4 is 34.7 Å². The minimum atomic E-state index is -0.567. The largest absolute Gasteiger partial charge is 0.374 e. The number of imide groups is 1. The number of carbonyl (C=O) groups excluding carboxylic acids is 3. The maximum atomic E-state index is 12.7. The molecule has 3 N–H and O–H groups in total. The topological polar surface area (TPSA) is 115 Å². The number of likely N-dealkylation sites (N-methyl/N-ethyl adjacent to an activating group) is 1. The van der Waals surface area contributed by atoms with E-state index >= 15 is 0 Å². The monoisotopic (exact) mass is 445 g/mol. The number of H-pyrrole nitrogens is 1. The standard InChI is InChI=1S/C19H21N5O4S.C2H6/c1-4-24-18(27)14(21-8-11-6-5-7-29-11)15(19(24)28)22-13-10-20-9-12(16(13)25)17(26)23(2)3;1-2/h5-7,9-10,21-22H,4,8H2,1-3H3,(H,20,25);1-2H3. The van der Waals surface area contributed by atoms with Crippen LogP contribution in [0.2, 0.25) is 0 Å². The average molecular weight is 446 g/mol. The van der Waals surface area contributed by atoms with Crippen molar-refractivity contribution in [2.75, 3.05) is 26.0 Å². The molecule has 0 atom stereocenters. The van der Waals surface area contributed by atoms with Gasteiger partial charge < -0.3 is 20.5 Å². The Hall–Kier alpha value is -3.40. The second kappa shape index (κ2) is 10.6. The molecule has 0 radical (unpaired) electrons. The van der Waals surface area contributed by atoms with Gasteiger partial charge in [-0.15, -0.1) is 11.3 Å². The predicted molar refractivity (Wildman–Crippen MR) is 121 cm³/mol. The summed E-state index contributed by atoms with van der Waals surface area (Å²) in [6.45, 7) is 6.26. The van der Waals surface area contributed by atoms with Gasteiger partial charge in [0.2, 0.25) is 5.43 Å². The van der Waals surface area contributed by atoms with Crippen molar-refractivity contribution in [3.05, 3.63) is 62.0 Å². The van der Waals surface area contributed by atoms with Crippen LogP contribution in [0.15, 0.2) is 46.1 Å². The van der Waals surface area contributed by atoms with Crippen LogP contribution in [-0.2, 0) is 16.1 Å². The number of nitrogens with zero attached hydrogens (tertiary/aromatic N) is 2. The van der Waals surface area contributed by atoms with Gasteiger partial charge in [-0.05, 0) is 18.4 Å². The summed E-state index contributed by atoms with van der Waals surface area (Å²) in [5, 5.41) is 7.68. The van der Waals surface area contributed by atoms with Gasteiger partial charge in [0.1, 0.15) is 22.6 Å². The molecule has 3 heterocycles. The van der Waals surface area contributed by atoms with E-state index in [9.17, 15) is 19.2 Å². The van der Waals surface area contributed by atoms with Crippen LogP contribution in [0.1, 0.15) is 36.0 Å². The molecule has 31 heavy (non-hydrogen) atoms. The zero-order valence-electron chi connectivity index (χ0n) is 18.2. The molecule has 0 fully saturated rings. The van der Waals surface area contributed by atoms with Crippen molar-refractivity contribution in [2.45, 2.75) is 27.3 Å². The number of carbonyl (C=O) groups is 3. The van der Waals surface area contributed by atoms with Gasteiger partial charge in [0, 0.05) is 44.5 Å². The Bertz CT molecular complexity index is 1040. The minimum absolute atomic E-state index is 0.00206. The van der Waals surface area contributed by atoms with Crippen molar-refractivity contribution in [1.29, 1.82) is 0 Å². The van der Waals surface area contributed by atoms with E-state index in [2.05, 4.69) is 15.6 Å². The SMILES string of the molecule is CC.CCN1C(=O)C(NCc2cccs2)=C(Nc2c[nH]cc(C(=O)N(C)C)c2=O)C1=O. The van der Waals surface area contributed by atoms with E-state index in [1.807, 2.05) is 31.4 Å².